The second-order valence-electron chi connectivity index (χ2n) is 5.90. The molecule has 0 aliphatic carbocycles. The van der Waals surface area contributed by atoms with Crippen LogP contribution in [0, 0.1) is 6.92 Å². The van der Waals surface area contributed by atoms with Crippen molar-refractivity contribution in [2.45, 2.75) is 24.5 Å². The van der Waals surface area contributed by atoms with Gasteiger partial charge in [0.1, 0.15) is 11.5 Å². The Kier molecular flexibility index (Phi) is 5.00. The molecule has 0 saturated carbocycles. The monoisotopic (exact) mass is 361 g/mol. The van der Waals surface area contributed by atoms with Crippen LogP contribution in [0.15, 0.2) is 53.6 Å². The summed E-state index contributed by atoms with van der Waals surface area (Å²) in [5.41, 5.74) is 1.65. The number of hydrogen-bond donors (Lipinski definition) is 1. The number of carbonyl (C=O) groups excluding carboxylic acids is 1. The maximum Gasteiger partial charge on any atom is 0.410 e. The summed E-state index contributed by atoms with van der Waals surface area (Å²) in [6, 6.07) is 12.2. The van der Waals surface area contributed by atoms with Gasteiger partial charge in [-0.25, -0.2) is 17.9 Å². The van der Waals surface area contributed by atoms with E-state index in [1.807, 2.05) is 30.3 Å². The number of ether oxygens (including phenoxy) is 1. The first-order chi connectivity index (χ1) is 11.9. The van der Waals surface area contributed by atoms with Gasteiger partial charge in [-0.1, -0.05) is 30.3 Å². The van der Waals surface area contributed by atoms with Crippen LogP contribution < -0.4 is 4.72 Å². The zero-order chi connectivity index (χ0) is 17.9. The number of carbonyl (C=O) groups is 1. The molecule has 1 aliphatic rings. The van der Waals surface area contributed by atoms with Crippen LogP contribution in [0.2, 0.25) is 0 Å². The van der Waals surface area contributed by atoms with E-state index in [0.29, 0.717) is 0 Å². The van der Waals surface area contributed by atoms with Crippen molar-refractivity contribution in [1.29, 1.82) is 0 Å². The summed E-state index contributed by atoms with van der Waals surface area (Å²) in [6.45, 7) is 2.55. The summed E-state index contributed by atoms with van der Waals surface area (Å²) in [4.78, 5) is 17.5. The molecule has 25 heavy (non-hydrogen) atoms. The van der Waals surface area contributed by atoms with Crippen LogP contribution in [0.3, 0.4) is 0 Å². The minimum atomic E-state index is -3.63. The molecular formula is C17H19N3O4S. The van der Waals surface area contributed by atoms with Crippen molar-refractivity contribution in [3.63, 3.8) is 0 Å². The van der Waals surface area contributed by atoms with Gasteiger partial charge >= 0.3 is 6.09 Å². The van der Waals surface area contributed by atoms with Gasteiger partial charge in [-0.15, -0.1) is 0 Å². The lowest BCUT2D eigenvalue weighted by atomic mass is 10.1. The second kappa shape index (κ2) is 7.20. The van der Waals surface area contributed by atoms with Crippen LogP contribution in [0.1, 0.15) is 11.3 Å². The van der Waals surface area contributed by atoms with Crippen LogP contribution in [0.25, 0.3) is 0 Å². The average Bonchev–Trinajstić information content (AvgIpc) is 2.57. The van der Waals surface area contributed by atoms with E-state index in [1.165, 1.54) is 17.2 Å². The number of nitrogens with zero attached hydrogens (tertiary/aromatic N) is 2. The number of pyridine rings is 1. The largest absolute Gasteiger partial charge is 0.445 e. The highest BCUT2D eigenvalue weighted by Crippen LogP contribution is 2.15. The molecule has 1 N–H and O–H groups in total. The lowest BCUT2D eigenvalue weighted by Gasteiger charge is -2.38. The number of likely N-dealkylation sites (tertiary alicyclic amines) is 1. The summed E-state index contributed by atoms with van der Waals surface area (Å²) < 4.78 is 32.3. The lowest BCUT2D eigenvalue weighted by Crippen LogP contribution is -2.60. The molecule has 132 valence electrons. The first-order valence-corrected chi connectivity index (χ1v) is 9.33. The first-order valence-electron chi connectivity index (χ1n) is 7.85. The smallest absolute Gasteiger partial charge is 0.410 e. The third kappa shape index (κ3) is 4.34. The van der Waals surface area contributed by atoms with Gasteiger partial charge in [0.2, 0.25) is 10.0 Å². The zero-order valence-electron chi connectivity index (χ0n) is 13.8. The van der Waals surface area contributed by atoms with E-state index in [0.717, 1.165) is 11.3 Å². The second-order valence-corrected chi connectivity index (χ2v) is 7.61. The minimum Gasteiger partial charge on any atom is -0.445 e. The zero-order valence-corrected chi connectivity index (χ0v) is 14.6. The van der Waals surface area contributed by atoms with Gasteiger partial charge in [0.05, 0.1) is 6.04 Å². The number of benzene rings is 1. The third-order valence-electron chi connectivity index (χ3n) is 3.86. The molecule has 0 unspecified atom stereocenters. The normalized spacial score (nSPS) is 14.8. The summed E-state index contributed by atoms with van der Waals surface area (Å²) in [7, 11) is -3.63. The minimum absolute atomic E-state index is 0.114. The highest BCUT2D eigenvalue weighted by molar-refractivity contribution is 7.89. The molecule has 2 aromatic rings. The van der Waals surface area contributed by atoms with Gasteiger partial charge in [0.15, 0.2) is 0 Å². The number of nitrogens with one attached hydrogen (secondary N) is 1. The number of aryl methyl sites for hydroxylation is 1. The SMILES string of the molecule is Cc1ccc(S(=O)(=O)NC2CN(C(=O)OCc3ccccc3)C2)cn1. The molecule has 1 fully saturated rings. The van der Waals surface area contributed by atoms with E-state index in [4.69, 9.17) is 4.74 Å². The molecule has 2 heterocycles. The molecule has 8 heteroatoms. The quantitative estimate of drug-likeness (QED) is 0.875. The van der Waals surface area contributed by atoms with Crippen molar-refractivity contribution in [3.8, 4) is 0 Å². The van der Waals surface area contributed by atoms with E-state index in [9.17, 15) is 13.2 Å². The predicted octanol–water partition coefficient (Wildman–Crippen LogP) is 1.69. The molecule has 3 rings (SSSR count). The average molecular weight is 361 g/mol. The number of aromatic nitrogens is 1. The van der Waals surface area contributed by atoms with Crippen LogP contribution in [0.5, 0.6) is 0 Å². The van der Waals surface area contributed by atoms with Crippen molar-refractivity contribution in [3.05, 3.63) is 59.9 Å². The number of hydrogen-bond acceptors (Lipinski definition) is 5. The van der Waals surface area contributed by atoms with E-state index in [1.54, 1.807) is 13.0 Å². The maximum absolute atomic E-state index is 12.2. The fourth-order valence-electron chi connectivity index (χ4n) is 2.41. The number of sulfonamides is 1. The molecule has 1 aliphatic heterocycles. The van der Waals surface area contributed by atoms with Gasteiger partial charge < -0.3 is 9.64 Å². The topological polar surface area (TPSA) is 88.6 Å². The van der Waals surface area contributed by atoms with Gasteiger partial charge in [0, 0.05) is 25.0 Å². The molecular weight excluding hydrogens is 342 g/mol. The van der Waals surface area contributed by atoms with Crippen LogP contribution in [-0.2, 0) is 21.4 Å². The molecule has 7 nitrogen and oxygen atoms in total. The lowest BCUT2D eigenvalue weighted by molar-refractivity contribution is 0.0645. The molecule has 1 aromatic carbocycles. The Labute approximate surface area is 146 Å². The van der Waals surface area contributed by atoms with Gasteiger partial charge in [-0.2, -0.15) is 0 Å². The molecule has 0 spiro atoms. The van der Waals surface area contributed by atoms with E-state index in [-0.39, 0.29) is 30.6 Å². The van der Waals surface area contributed by atoms with Crippen molar-refractivity contribution in [2.75, 3.05) is 13.1 Å². The summed E-state index contributed by atoms with van der Waals surface area (Å²) >= 11 is 0. The van der Waals surface area contributed by atoms with Crippen molar-refractivity contribution in [2.24, 2.45) is 0 Å². The molecule has 0 bridgehead atoms. The van der Waals surface area contributed by atoms with Crippen LogP contribution in [-0.4, -0.2) is 43.5 Å². The standard InChI is InChI=1S/C17H19N3O4S/c1-13-7-8-16(9-18-13)25(22,23)19-15-10-20(11-15)17(21)24-12-14-5-3-2-4-6-14/h2-9,15,19H,10-12H2,1H3. The Morgan fingerprint density at radius 2 is 1.96 bits per heavy atom. The Morgan fingerprint density at radius 1 is 1.24 bits per heavy atom. The molecule has 0 radical (unpaired) electrons. The van der Waals surface area contributed by atoms with Crippen LogP contribution >= 0.6 is 0 Å². The van der Waals surface area contributed by atoms with Crippen molar-refractivity contribution in [1.82, 2.24) is 14.6 Å². The third-order valence-corrected chi connectivity index (χ3v) is 5.37. The molecule has 1 amide bonds. The fraction of sp³-hybridized carbons (Fsp3) is 0.294. The highest BCUT2D eigenvalue weighted by Gasteiger charge is 2.34. The fourth-order valence-corrected chi connectivity index (χ4v) is 3.58. The first kappa shape index (κ1) is 17.4. The highest BCUT2D eigenvalue weighted by atomic mass is 32.2. The Bertz CT molecular complexity index is 832. The van der Waals surface area contributed by atoms with Crippen LogP contribution in [0.4, 0.5) is 4.79 Å². The summed E-state index contributed by atoms with van der Waals surface area (Å²) in [5, 5.41) is 0. The van der Waals surface area contributed by atoms with E-state index in [2.05, 4.69) is 9.71 Å². The number of rotatable bonds is 5. The summed E-state index contributed by atoms with van der Waals surface area (Å²) in [6.07, 6.45) is 0.874. The van der Waals surface area contributed by atoms with Crippen molar-refractivity contribution < 1.29 is 17.9 Å². The Morgan fingerprint density at radius 3 is 2.60 bits per heavy atom. The Balaban J connectivity index is 1.47. The number of amides is 1. The van der Waals surface area contributed by atoms with Gasteiger partial charge in [-0.3, -0.25) is 4.98 Å². The van der Waals surface area contributed by atoms with Crippen molar-refractivity contribution >= 4 is 16.1 Å². The molecule has 1 aromatic heterocycles. The van der Waals surface area contributed by atoms with Gasteiger partial charge in [0.25, 0.3) is 0 Å². The molecule has 1 saturated heterocycles. The van der Waals surface area contributed by atoms with E-state index >= 15 is 0 Å². The van der Waals surface area contributed by atoms with Gasteiger partial charge in [-0.05, 0) is 24.6 Å². The molecule has 0 atom stereocenters. The van der Waals surface area contributed by atoms with E-state index < -0.39 is 16.1 Å². The Hall–Kier alpha value is -2.45. The predicted molar refractivity (Wildman–Crippen MR) is 91.3 cm³/mol. The maximum atomic E-state index is 12.2. The summed E-state index contributed by atoms with van der Waals surface area (Å²) in [5.74, 6) is 0.